The molecule has 4 heteroatoms. The van der Waals surface area contributed by atoms with Gasteiger partial charge in [0.25, 0.3) is 0 Å². The van der Waals surface area contributed by atoms with E-state index < -0.39 is 0 Å². The van der Waals surface area contributed by atoms with Crippen LogP contribution in [0.2, 0.25) is 0 Å². The lowest BCUT2D eigenvalue weighted by Gasteiger charge is -2.21. The number of ether oxygens (including phenoxy) is 1. The molecule has 4 nitrogen and oxygen atoms in total. The molecule has 0 amide bonds. The van der Waals surface area contributed by atoms with Gasteiger partial charge in [-0.1, -0.05) is 25.1 Å². The third-order valence-electron chi connectivity index (χ3n) is 2.99. The standard InChI is InChI=1S/C15H19N3O/c1-3-9-16-15(12-8-10-17-18-11-12)13-6-4-5-7-14(13)19-2/h4-8,10-11,15-16H,3,9H2,1-2H3. The van der Waals surface area contributed by atoms with E-state index in [0.717, 1.165) is 29.8 Å². The molecule has 0 bridgehead atoms. The van der Waals surface area contributed by atoms with Crippen molar-refractivity contribution in [1.82, 2.24) is 15.5 Å². The summed E-state index contributed by atoms with van der Waals surface area (Å²) in [6.07, 6.45) is 4.58. The summed E-state index contributed by atoms with van der Waals surface area (Å²) in [5.41, 5.74) is 2.21. The lowest BCUT2D eigenvalue weighted by atomic mass is 9.99. The molecule has 0 aliphatic heterocycles. The minimum Gasteiger partial charge on any atom is -0.496 e. The first-order valence-corrected chi connectivity index (χ1v) is 6.49. The van der Waals surface area contributed by atoms with E-state index in [1.165, 1.54) is 0 Å². The highest BCUT2D eigenvalue weighted by molar-refractivity contribution is 5.40. The molecule has 0 radical (unpaired) electrons. The van der Waals surface area contributed by atoms with E-state index in [1.54, 1.807) is 19.5 Å². The van der Waals surface area contributed by atoms with Crippen LogP contribution in [0.25, 0.3) is 0 Å². The van der Waals surface area contributed by atoms with E-state index in [0.29, 0.717) is 0 Å². The molecule has 0 saturated heterocycles. The number of hydrogen-bond donors (Lipinski definition) is 1. The third kappa shape index (κ3) is 3.29. The predicted molar refractivity (Wildman–Crippen MR) is 75.2 cm³/mol. The van der Waals surface area contributed by atoms with E-state index in [-0.39, 0.29) is 6.04 Å². The lowest BCUT2D eigenvalue weighted by molar-refractivity contribution is 0.403. The Morgan fingerprint density at radius 2 is 2.05 bits per heavy atom. The van der Waals surface area contributed by atoms with Crippen LogP contribution in [-0.2, 0) is 0 Å². The van der Waals surface area contributed by atoms with Crippen LogP contribution in [-0.4, -0.2) is 23.9 Å². The zero-order chi connectivity index (χ0) is 13.5. The van der Waals surface area contributed by atoms with Gasteiger partial charge in [-0.05, 0) is 30.7 Å². The molecule has 100 valence electrons. The van der Waals surface area contributed by atoms with E-state index in [2.05, 4.69) is 28.5 Å². The average molecular weight is 257 g/mol. The van der Waals surface area contributed by atoms with Crippen molar-refractivity contribution in [3.05, 3.63) is 53.9 Å². The van der Waals surface area contributed by atoms with E-state index in [9.17, 15) is 0 Å². The molecule has 0 fully saturated rings. The van der Waals surface area contributed by atoms with E-state index >= 15 is 0 Å². The second-order valence-electron chi connectivity index (χ2n) is 4.30. The fourth-order valence-electron chi connectivity index (χ4n) is 2.07. The number of benzene rings is 1. The van der Waals surface area contributed by atoms with Crippen molar-refractivity contribution in [3.8, 4) is 5.75 Å². The third-order valence-corrected chi connectivity index (χ3v) is 2.99. The van der Waals surface area contributed by atoms with Crippen LogP contribution in [0.1, 0.15) is 30.5 Å². The summed E-state index contributed by atoms with van der Waals surface area (Å²) in [7, 11) is 1.69. The topological polar surface area (TPSA) is 47.0 Å². The average Bonchev–Trinajstić information content (AvgIpc) is 2.49. The van der Waals surface area contributed by atoms with E-state index in [1.807, 2.05) is 24.3 Å². The first-order chi connectivity index (χ1) is 9.36. The van der Waals surface area contributed by atoms with Crippen LogP contribution in [0.3, 0.4) is 0 Å². The molecule has 19 heavy (non-hydrogen) atoms. The Morgan fingerprint density at radius 1 is 1.21 bits per heavy atom. The van der Waals surface area contributed by atoms with Gasteiger partial charge >= 0.3 is 0 Å². The van der Waals surface area contributed by atoms with Gasteiger partial charge in [0.1, 0.15) is 5.75 Å². The SMILES string of the molecule is CCCNC(c1ccnnc1)c1ccccc1OC. The van der Waals surface area contributed by atoms with Crippen molar-refractivity contribution in [3.63, 3.8) is 0 Å². The summed E-state index contributed by atoms with van der Waals surface area (Å²) in [6.45, 7) is 3.09. The largest absolute Gasteiger partial charge is 0.496 e. The number of hydrogen-bond acceptors (Lipinski definition) is 4. The van der Waals surface area contributed by atoms with Crippen LogP contribution in [0.15, 0.2) is 42.7 Å². The van der Waals surface area contributed by atoms with Crippen molar-refractivity contribution in [2.24, 2.45) is 0 Å². The Balaban J connectivity index is 2.37. The summed E-state index contributed by atoms with van der Waals surface area (Å²) in [4.78, 5) is 0. The van der Waals surface area contributed by atoms with Crippen LogP contribution >= 0.6 is 0 Å². The normalized spacial score (nSPS) is 12.1. The Labute approximate surface area is 113 Å². The Morgan fingerprint density at radius 3 is 2.74 bits per heavy atom. The summed E-state index contributed by atoms with van der Waals surface area (Å²) in [5, 5.41) is 11.3. The lowest BCUT2D eigenvalue weighted by Crippen LogP contribution is -2.23. The van der Waals surface area contributed by atoms with Gasteiger partial charge in [0.15, 0.2) is 0 Å². The first-order valence-electron chi connectivity index (χ1n) is 6.49. The molecule has 0 aliphatic rings. The molecule has 1 atom stereocenters. The maximum Gasteiger partial charge on any atom is 0.123 e. The van der Waals surface area contributed by atoms with Crippen LogP contribution in [0, 0.1) is 0 Å². The predicted octanol–water partition coefficient (Wildman–Crippen LogP) is 2.57. The minimum atomic E-state index is 0.0756. The molecule has 0 aliphatic carbocycles. The fourth-order valence-corrected chi connectivity index (χ4v) is 2.07. The maximum absolute atomic E-state index is 5.45. The molecule has 1 aromatic carbocycles. The number of nitrogens with zero attached hydrogens (tertiary/aromatic N) is 2. The molecule has 0 spiro atoms. The molecular weight excluding hydrogens is 238 g/mol. The van der Waals surface area contributed by atoms with Gasteiger partial charge in [-0.3, -0.25) is 0 Å². The maximum atomic E-state index is 5.45. The van der Waals surface area contributed by atoms with Crippen LogP contribution in [0.5, 0.6) is 5.75 Å². The highest BCUT2D eigenvalue weighted by Gasteiger charge is 2.17. The van der Waals surface area contributed by atoms with Gasteiger partial charge in [0.2, 0.25) is 0 Å². The van der Waals surface area contributed by atoms with Gasteiger partial charge in [-0.15, -0.1) is 0 Å². The number of rotatable bonds is 6. The number of methoxy groups -OCH3 is 1. The van der Waals surface area contributed by atoms with Crippen molar-refractivity contribution >= 4 is 0 Å². The molecule has 2 aromatic rings. The Hall–Kier alpha value is -1.94. The number of aromatic nitrogens is 2. The Bertz CT molecular complexity index is 502. The van der Waals surface area contributed by atoms with Gasteiger partial charge in [-0.25, -0.2) is 0 Å². The molecule has 2 rings (SSSR count). The fraction of sp³-hybridized carbons (Fsp3) is 0.333. The summed E-state index contributed by atoms with van der Waals surface area (Å²) in [6, 6.07) is 10.1. The first kappa shape index (κ1) is 13.5. The van der Waals surface area contributed by atoms with Crippen molar-refractivity contribution < 1.29 is 4.74 Å². The molecular formula is C15H19N3O. The van der Waals surface area contributed by atoms with Crippen molar-refractivity contribution in [2.75, 3.05) is 13.7 Å². The summed E-state index contributed by atoms with van der Waals surface area (Å²) < 4.78 is 5.45. The van der Waals surface area contributed by atoms with Crippen LogP contribution in [0.4, 0.5) is 0 Å². The number of para-hydroxylation sites is 1. The molecule has 1 heterocycles. The zero-order valence-corrected chi connectivity index (χ0v) is 11.3. The smallest absolute Gasteiger partial charge is 0.123 e. The van der Waals surface area contributed by atoms with Crippen molar-refractivity contribution in [2.45, 2.75) is 19.4 Å². The number of nitrogens with one attached hydrogen (secondary N) is 1. The quantitative estimate of drug-likeness (QED) is 0.864. The van der Waals surface area contributed by atoms with Crippen molar-refractivity contribution in [1.29, 1.82) is 0 Å². The van der Waals surface area contributed by atoms with Gasteiger partial charge in [0, 0.05) is 11.8 Å². The second kappa shape index (κ2) is 6.85. The molecule has 1 unspecified atom stereocenters. The molecule has 1 N–H and O–H groups in total. The summed E-state index contributed by atoms with van der Waals surface area (Å²) >= 11 is 0. The Kier molecular flexibility index (Phi) is 4.86. The van der Waals surface area contributed by atoms with E-state index in [4.69, 9.17) is 4.74 Å². The highest BCUT2D eigenvalue weighted by atomic mass is 16.5. The second-order valence-corrected chi connectivity index (χ2v) is 4.30. The minimum absolute atomic E-state index is 0.0756. The van der Waals surface area contributed by atoms with Gasteiger partial charge in [-0.2, -0.15) is 10.2 Å². The van der Waals surface area contributed by atoms with Gasteiger partial charge in [0.05, 0.1) is 19.3 Å². The molecule has 0 saturated carbocycles. The molecule has 1 aromatic heterocycles. The zero-order valence-electron chi connectivity index (χ0n) is 11.3. The van der Waals surface area contributed by atoms with Crippen LogP contribution < -0.4 is 10.1 Å². The summed E-state index contributed by atoms with van der Waals surface area (Å²) in [5.74, 6) is 0.882. The highest BCUT2D eigenvalue weighted by Crippen LogP contribution is 2.29. The monoisotopic (exact) mass is 257 g/mol. The van der Waals surface area contributed by atoms with Gasteiger partial charge < -0.3 is 10.1 Å².